The van der Waals surface area contributed by atoms with Crippen LogP contribution in [0.1, 0.15) is 16.8 Å². The molecular formula is C25H23N7O3S. The fourth-order valence-electron chi connectivity index (χ4n) is 3.87. The number of aromatic nitrogens is 4. The van der Waals surface area contributed by atoms with Crippen molar-refractivity contribution in [3.05, 3.63) is 78.2 Å². The van der Waals surface area contributed by atoms with Gasteiger partial charge in [-0.25, -0.2) is 9.78 Å². The van der Waals surface area contributed by atoms with Gasteiger partial charge in [0.2, 0.25) is 11.7 Å². The smallest absolute Gasteiger partial charge is 0.326 e. The van der Waals surface area contributed by atoms with E-state index in [1.54, 1.807) is 54.3 Å². The summed E-state index contributed by atoms with van der Waals surface area (Å²) in [5.41, 5.74) is 1.40. The number of ether oxygens (including phenoxy) is 1. The summed E-state index contributed by atoms with van der Waals surface area (Å²) in [6, 6.07) is 11.7. The highest BCUT2D eigenvalue weighted by Gasteiger charge is 2.33. The Morgan fingerprint density at radius 1 is 1.00 bits per heavy atom. The first-order valence-electron chi connectivity index (χ1n) is 11.4. The molecule has 2 atom stereocenters. The molecule has 1 saturated heterocycles. The zero-order chi connectivity index (χ0) is 24.7. The van der Waals surface area contributed by atoms with Gasteiger partial charge in [0.15, 0.2) is 6.10 Å². The number of rotatable bonds is 8. The van der Waals surface area contributed by atoms with Crippen LogP contribution in [0, 0.1) is 5.92 Å². The van der Waals surface area contributed by atoms with Gasteiger partial charge in [-0.1, -0.05) is 6.07 Å². The average molecular weight is 502 g/mol. The maximum absolute atomic E-state index is 13.2. The number of carbonyl (C=O) groups excluding carboxylic acids is 2. The number of nitrogens with zero attached hydrogens (tertiary/aromatic N) is 4. The minimum atomic E-state index is -0.720. The third kappa shape index (κ3) is 5.70. The van der Waals surface area contributed by atoms with Crippen molar-refractivity contribution in [2.24, 2.45) is 5.92 Å². The topological polar surface area (TPSA) is 131 Å². The first-order valence-corrected chi connectivity index (χ1v) is 12.3. The second-order valence-corrected chi connectivity index (χ2v) is 8.97. The number of anilines is 2. The molecule has 0 bridgehead atoms. The molecule has 5 rings (SSSR count). The van der Waals surface area contributed by atoms with Gasteiger partial charge >= 0.3 is 6.03 Å². The molecule has 1 aliphatic heterocycles. The van der Waals surface area contributed by atoms with Crippen molar-refractivity contribution in [1.29, 1.82) is 0 Å². The van der Waals surface area contributed by atoms with Gasteiger partial charge in [-0.05, 0) is 43.3 Å². The Balaban J connectivity index is 1.25. The van der Waals surface area contributed by atoms with E-state index in [1.807, 2.05) is 12.1 Å². The molecule has 5 heterocycles. The van der Waals surface area contributed by atoms with Crippen LogP contribution in [0.25, 0.3) is 10.6 Å². The van der Waals surface area contributed by atoms with Crippen molar-refractivity contribution in [3.63, 3.8) is 0 Å². The molecule has 0 aliphatic carbocycles. The number of ketones is 1. The molecule has 4 aromatic rings. The lowest BCUT2D eigenvalue weighted by molar-refractivity contribution is 0.0682. The van der Waals surface area contributed by atoms with Crippen molar-refractivity contribution >= 4 is 34.8 Å². The fourth-order valence-corrected chi connectivity index (χ4v) is 4.63. The number of hydrogen-bond acceptors (Lipinski definition) is 9. The lowest BCUT2D eigenvalue weighted by Gasteiger charge is -2.22. The molecule has 4 aromatic heterocycles. The van der Waals surface area contributed by atoms with Crippen LogP contribution in [0.3, 0.4) is 0 Å². The largest absolute Gasteiger partial charge is 0.466 e. The molecule has 2 amide bonds. The highest BCUT2D eigenvalue weighted by Crippen LogP contribution is 2.26. The summed E-state index contributed by atoms with van der Waals surface area (Å²) >= 11 is 1.41. The second kappa shape index (κ2) is 11.0. The van der Waals surface area contributed by atoms with Crippen LogP contribution in [0.2, 0.25) is 0 Å². The van der Waals surface area contributed by atoms with E-state index in [4.69, 9.17) is 4.74 Å². The molecule has 182 valence electrons. The Morgan fingerprint density at radius 2 is 1.86 bits per heavy atom. The number of nitrogens with one attached hydrogen (secondary N) is 3. The average Bonchev–Trinajstić information content (AvgIpc) is 3.61. The molecule has 36 heavy (non-hydrogen) atoms. The Morgan fingerprint density at radius 3 is 2.64 bits per heavy atom. The molecule has 11 heteroatoms. The van der Waals surface area contributed by atoms with E-state index in [0.29, 0.717) is 17.9 Å². The highest BCUT2D eigenvalue weighted by molar-refractivity contribution is 7.13. The van der Waals surface area contributed by atoms with Crippen LogP contribution < -0.4 is 20.7 Å². The predicted octanol–water partition coefficient (Wildman–Crippen LogP) is 3.88. The van der Waals surface area contributed by atoms with Crippen LogP contribution in [0.4, 0.5) is 16.4 Å². The molecule has 0 saturated carbocycles. The van der Waals surface area contributed by atoms with Crippen LogP contribution in [-0.4, -0.2) is 50.9 Å². The summed E-state index contributed by atoms with van der Waals surface area (Å²) in [5, 5.41) is 11.2. The maximum atomic E-state index is 13.2. The third-order valence-electron chi connectivity index (χ3n) is 5.62. The van der Waals surface area contributed by atoms with E-state index >= 15 is 0 Å². The summed E-state index contributed by atoms with van der Waals surface area (Å²) in [4.78, 5) is 42.6. The fraction of sp³-hybridized carbons (Fsp3) is 0.200. The van der Waals surface area contributed by atoms with Gasteiger partial charge < -0.3 is 10.1 Å². The van der Waals surface area contributed by atoms with E-state index in [9.17, 15) is 9.59 Å². The van der Waals surface area contributed by atoms with Gasteiger partial charge in [0.05, 0.1) is 0 Å². The van der Waals surface area contributed by atoms with E-state index in [-0.39, 0.29) is 23.4 Å². The standard InChI is InChI=1S/C25H23N7O3S/c33-22(17-3-2-9-27-13-17)23(18-8-12-28-14-18)35-21-5-1-4-19(29-21)31-25(34)32-20-15-36-24(30-20)16-6-10-26-11-7-16/h1-7,9-11,13,15,18,23,28H,8,12,14H2,(H2,29,31,32,34). The number of amides is 2. The molecule has 0 aromatic carbocycles. The van der Waals surface area contributed by atoms with Crippen LogP contribution >= 0.6 is 11.3 Å². The number of hydrogen-bond donors (Lipinski definition) is 3. The van der Waals surface area contributed by atoms with Gasteiger partial charge in [0.25, 0.3) is 0 Å². The lowest BCUT2D eigenvalue weighted by atomic mass is 9.94. The Bertz CT molecular complexity index is 1330. The van der Waals surface area contributed by atoms with Crippen molar-refractivity contribution in [2.45, 2.75) is 12.5 Å². The first kappa shape index (κ1) is 23.5. The molecule has 1 aliphatic rings. The van der Waals surface area contributed by atoms with Gasteiger partial charge in [-0.2, -0.15) is 4.98 Å². The SMILES string of the molecule is O=C(Nc1cccc(OC(C(=O)c2cccnc2)C2CCNC2)n1)Nc1csc(-c2ccncc2)n1. The summed E-state index contributed by atoms with van der Waals surface area (Å²) in [6.07, 6.45) is 6.63. The predicted molar refractivity (Wildman–Crippen MR) is 136 cm³/mol. The van der Waals surface area contributed by atoms with Crippen molar-refractivity contribution in [1.82, 2.24) is 25.3 Å². The summed E-state index contributed by atoms with van der Waals surface area (Å²) in [5.74, 6) is 0.803. The normalized spacial score (nSPS) is 15.7. The number of thiazole rings is 1. The molecule has 1 fully saturated rings. The van der Waals surface area contributed by atoms with E-state index in [1.165, 1.54) is 17.5 Å². The van der Waals surface area contributed by atoms with Crippen molar-refractivity contribution in [2.75, 3.05) is 23.7 Å². The highest BCUT2D eigenvalue weighted by atomic mass is 32.1. The lowest BCUT2D eigenvalue weighted by Crippen LogP contribution is -2.37. The van der Waals surface area contributed by atoms with Gasteiger partial charge in [-0.15, -0.1) is 11.3 Å². The molecule has 0 spiro atoms. The van der Waals surface area contributed by atoms with Crippen molar-refractivity contribution < 1.29 is 14.3 Å². The zero-order valence-electron chi connectivity index (χ0n) is 19.1. The summed E-state index contributed by atoms with van der Waals surface area (Å²) in [7, 11) is 0. The maximum Gasteiger partial charge on any atom is 0.326 e. The van der Waals surface area contributed by atoms with E-state index < -0.39 is 12.1 Å². The van der Waals surface area contributed by atoms with Gasteiger partial charge in [-0.3, -0.25) is 25.4 Å². The third-order valence-corrected chi connectivity index (χ3v) is 6.51. The monoisotopic (exact) mass is 501 g/mol. The zero-order valence-corrected chi connectivity index (χ0v) is 19.9. The minimum absolute atomic E-state index is 0.00122. The summed E-state index contributed by atoms with van der Waals surface area (Å²) in [6.45, 7) is 1.49. The van der Waals surface area contributed by atoms with E-state index in [2.05, 4.69) is 35.9 Å². The molecule has 10 nitrogen and oxygen atoms in total. The number of pyridine rings is 3. The minimum Gasteiger partial charge on any atom is -0.466 e. The molecule has 3 N–H and O–H groups in total. The van der Waals surface area contributed by atoms with Crippen LogP contribution in [-0.2, 0) is 0 Å². The molecular weight excluding hydrogens is 478 g/mol. The van der Waals surface area contributed by atoms with Crippen LogP contribution in [0.5, 0.6) is 5.88 Å². The number of urea groups is 1. The Labute approximate surface area is 211 Å². The second-order valence-electron chi connectivity index (χ2n) is 8.11. The first-order chi connectivity index (χ1) is 17.7. The Kier molecular flexibility index (Phi) is 7.20. The molecule has 2 unspecified atom stereocenters. The summed E-state index contributed by atoms with van der Waals surface area (Å²) < 4.78 is 6.09. The van der Waals surface area contributed by atoms with Crippen molar-refractivity contribution in [3.8, 4) is 16.5 Å². The van der Waals surface area contributed by atoms with Gasteiger partial charge in [0, 0.05) is 59.8 Å². The molecule has 0 radical (unpaired) electrons. The Hall–Kier alpha value is -4.22. The van der Waals surface area contributed by atoms with Crippen LogP contribution in [0.15, 0.2) is 72.6 Å². The quantitative estimate of drug-likeness (QED) is 0.310. The van der Waals surface area contributed by atoms with E-state index in [0.717, 1.165) is 23.5 Å². The number of Topliss-reactive ketones (excluding diaryl/α,β-unsaturated/α-hetero) is 1. The number of carbonyl (C=O) groups is 2. The van der Waals surface area contributed by atoms with Gasteiger partial charge in [0.1, 0.15) is 16.6 Å².